The SMILES string of the molecule is CCCc1cnn(-c2cccc(C=O)c2)c1. The van der Waals surface area contributed by atoms with Crippen LogP contribution in [-0.4, -0.2) is 16.1 Å². The van der Waals surface area contributed by atoms with Gasteiger partial charge in [0.05, 0.1) is 11.9 Å². The van der Waals surface area contributed by atoms with E-state index in [-0.39, 0.29) is 0 Å². The summed E-state index contributed by atoms with van der Waals surface area (Å²) in [4.78, 5) is 10.7. The molecule has 0 aliphatic heterocycles. The molecule has 0 spiro atoms. The lowest BCUT2D eigenvalue weighted by Gasteiger charge is -2.01. The molecule has 1 heterocycles. The Labute approximate surface area is 94.7 Å². The average Bonchev–Trinajstić information content (AvgIpc) is 2.78. The normalized spacial score (nSPS) is 10.3. The molecule has 16 heavy (non-hydrogen) atoms. The monoisotopic (exact) mass is 214 g/mol. The number of aromatic nitrogens is 2. The van der Waals surface area contributed by atoms with Crippen LogP contribution in [0.15, 0.2) is 36.7 Å². The molecule has 0 atom stereocenters. The number of hydrogen-bond acceptors (Lipinski definition) is 2. The summed E-state index contributed by atoms with van der Waals surface area (Å²) in [6, 6.07) is 7.42. The van der Waals surface area contributed by atoms with Gasteiger partial charge in [-0.3, -0.25) is 4.79 Å². The molecule has 0 aliphatic rings. The van der Waals surface area contributed by atoms with Gasteiger partial charge in [-0.05, 0) is 24.1 Å². The maximum Gasteiger partial charge on any atom is 0.150 e. The number of hydrogen-bond donors (Lipinski definition) is 0. The molecule has 0 unspecified atom stereocenters. The average molecular weight is 214 g/mol. The van der Waals surface area contributed by atoms with E-state index in [0.29, 0.717) is 5.56 Å². The Balaban J connectivity index is 2.30. The van der Waals surface area contributed by atoms with Gasteiger partial charge in [-0.25, -0.2) is 4.68 Å². The Morgan fingerprint density at radius 1 is 1.44 bits per heavy atom. The Hall–Kier alpha value is -1.90. The molecule has 0 aliphatic carbocycles. The highest BCUT2D eigenvalue weighted by Crippen LogP contribution is 2.10. The fraction of sp³-hybridized carbons (Fsp3) is 0.231. The number of carbonyl (C=O) groups is 1. The van der Waals surface area contributed by atoms with E-state index < -0.39 is 0 Å². The van der Waals surface area contributed by atoms with E-state index in [0.717, 1.165) is 24.8 Å². The van der Waals surface area contributed by atoms with Gasteiger partial charge in [0.1, 0.15) is 6.29 Å². The molecule has 3 nitrogen and oxygen atoms in total. The maximum absolute atomic E-state index is 10.7. The third-order valence-corrected chi connectivity index (χ3v) is 2.45. The van der Waals surface area contributed by atoms with Gasteiger partial charge < -0.3 is 0 Å². The van der Waals surface area contributed by atoms with Crippen molar-refractivity contribution in [3.05, 3.63) is 47.8 Å². The topological polar surface area (TPSA) is 34.9 Å². The Kier molecular flexibility index (Phi) is 3.15. The molecular formula is C13H14N2O. The van der Waals surface area contributed by atoms with Crippen molar-refractivity contribution in [1.29, 1.82) is 0 Å². The van der Waals surface area contributed by atoms with Crippen molar-refractivity contribution in [2.75, 3.05) is 0 Å². The molecule has 0 radical (unpaired) electrons. The highest BCUT2D eigenvalue weighted by molar-refractivity contribution is 5.75. The predicted molar refractivity (Wildman–Crippen MR) is 62.9 cm³/mol. The van der Waals surface area contributed by atoms with Crippen molar-refractivity contribution < 1.29 is 4.79 Å². The van der Waals surface area contributed by atoms with E-state index >= 15 is 0 Å². The number of benzene rings is 1. The van der Waals surface area contributed by atoms with Gasteiger partial charge in [0.25, 0.3) is 0 Å². The van der Waals surface area contributed by atoms with Crippen LogP contribution in [0.25, 0.3) is 5.69 Å². The first kappa shape index (κ1) is 10.6. The summed E-state index contributed by atoms with van der Waals surface area (Å²) < 4.78 is 1.80. The molecule has 1 aromatic heterocycles. The van der Waals surface area contributed by atoms with E-state index in [9.17, 15) is 4.79 Å². The summed E-state index contributed by atoms with van der Waals surface area (Å²) in [5.41, 5.74) is 2.82. The van der Waals surface area contributed by atoms with Crippen LogP contribution in [0.2, 0.25) is 0 Å². The summed E-state index contributed by atoms with van der Waals surface area (Å²) in [5.74, 6) is 0. The largest absolute Gasteiger partial charge is 0.298 e. The van der Waals surface area contributed by atoms with Crippen LogP contribution in [0.4, 0.5) is 0 Å². The number of aryl methyl sites for hydroxylation is 1. The molecule has 2 aromatic rings. The molecule has 1 aromatic carbocycles. The fourth-order valence-electron chi connectivity index (χ4n) is 1.66. The zero-order chi connectivity index (χ0) is 11.4. The van der Waals surface area contributed by atoms with E-state index in [1.165, 1.54) is 5.56 Å². The molecule has 0 amide bonds. The quantitative estimate of drug-likeness (QED) is 0.733. The number of carbonyl (C=O) groups excluding carboxylic acids is 1. The fourth-order valence-corrected chi connectivity index (χ4v) is 1.66. The molecular weight excluding hydrogens is 200 g/mol. The van der Waals surface area contributed by atoms with Crippen molar-refractivity contribution in [2.45, 2.75) is 19.8 Å². The van der Waals surface area contributed by atoms with Crippen LogP contribution in [-0.2, 0) is 6.42 Å². The second-order valence-corrected chi connectivity index (χ2v) is 3.76. The lowest BCUT2D eigenvalue weighted by Crippen LogP contribution is -1.95. The van der Waals surface area contributed by atoms with Gasteiger partial charge in [0.2, 0.25) is 0 Å². The summed E-state index contributed by atoms with van der Waals surface area (Å²) in [6.45, 7) is 2.14. The van der Waals surface area contributed by atoms with Crippen LogP contribution < -0.4 is 0 Å². The first-order chi connectivity index (χ1) is 7.83. The summed E-state index contributed by atoms with van der Waals surface area (Å²) in [7, 11) is 0. The van der Waals surface area contributed by atoms with Gasteiger partial charge in [-0.1, -0.05) is 25.5 Å². The summed E-state index contributed by atoms with van der Waals surface area (Å²) >= 11 is 0. The van der Waals surface area contributed by atoms with Crippen molar-refractivity contribution in [3.8, 4) is 5.69 Å². The third kappa shape index (κ3) is 2.19. The highest BCUT2D eigenvalue weighted by Gasteiger charge is 2.00. The van der Waals surface area contributed by atoms with Crippen molar-refractivity contribution in [1.82, 2.24) is 9.78 Å². The van der Waals surface area contributed by atoms with Crippen LogP contribution >= 0.6 is 0 Å². The smallest absolute Gasteiger partial charge is 0.150 e. The molecule has 82 valence electrons. The summed E-state index contributed by atoms with van der Waals surface area (Å²) in [6.07, 6.45) is 6.87. The Bertz CT molecular complexity index is 488. The first-order valence-corrected chi connectivity index (χ1v) is 5.42. The zero-order valence-corrected chi connectivity index (χ0v) is 9.26. The number of aldehydes is 1. The van der Waals surface area contributed by atoms with Crippen molar-refractivity contribution >= 4 is 6.29 Å². The highest BCUT2D eigenvalue weighted by atomic mass is 16.1. The molecule has 0 fully saturated rings. The number of nitrogens with zero attached hydrogens (tertiary/aromatic N) is 2. The molecule has 3 heteroatoms. The van der Waals surface area contributed by atoms with E-state index in [1.807, 2.05) is 30.6 Å². The Morgan fingerprint density at radius 2 is 2.31 bits per heavy atom. The first-order valence-electron chi connectivity index (χ1n) is 5.42. The Morgan fingerprint density at radius 3 is 3.06 bits per heavy atom. The van der Waals surface area contributed by atoms with Gasteiger partial charge in [0, 0.05) is 11.8 Å². The van der Waals surface area contributed by atoms with Gasteiger partial charge in [-0.2, -0.15) is 5.10 Å². The van der Waals surface area contributed by atoms with Gasteiger partial charge in [0.15, 0.2) is 0 Å². The predicted octanol–water partition coefficient (Wildman–Crippen LogP) is 2.64. The number of rotatable bonds is 4. The second kappa shape index (κ2) is 4.75. The van der Waals surface area contributed by atoms with E-state index in [1.54, 1.807) is 10.7 Å². The molecule has 0 saturated carbocycles. The molecule has 0 N–H and O–H groups in total. The van der Waals surface area contributed by atoms with E-state index in [2.05, 4.69) is 12.0 Å². The lowest BCUT2D eigenvalue weighted by molar-refractivity contribution is 0.112. The minimum atomic E-state index is 0.671. The minimum Gasteiger partial charge on any atom is -0.298 e. The van der Waals surface area contributed by atoms with E-state index in [4.69, 9.17) is 0 Å². The van der Waals surface area contributed by atoms with Crippen LogP contribution in [0.3, 0.4) is 0 Å². The maximum atomic E-state index is 10.7. The van der Waals surface area contributed by atoms with Crippen LogP contribution in [0.5, 0.6) is 0 Å². The zero-order valence-electron chi connectivity index (χ0n) is 9.26. The van der Waals surface area contributed by atoms with Crippen LogP contribution in [0, 0.1) is 0 Å². The lowest BCUT2D eigenvalue weighted by atomic mass is 10.2. The van der Waals surface area contributed by atoms with Crippen molar-refractivity contribution in [2.24, 2.45) is 0 Å². The molecule has 0 bridgehead atoms. The standard InChI is InChI=1S/C13H14N2O/c1-2-4-12-8-14-15(9-12)13-6-3-5-11(7-13)10-16/h3,5-10H,2,4H2,1H3. The summed E-state index contributed by atoms with van der Waals surface area (Å²) in [5, 5.41) is 4.28. The van der Waals surface area contributed by atoms with Crippen molar-refractivity contribution in [3.63, 3.8) is 0 Å². The van der Waals surface area contributed by atoms with Crippen LogP contribution in [0.1, 0.15) is 29.3 Å². The molecule has 0 saturated heterocycles. The van der Waals surface area contributed by atoms with Gasteiger partial charge in [-0.15, -0.1) is 0 Å². The molecule has 2 rings (SSSR count). The second-order valence-electron chi connectivity index (χ2n) is 3.76. The van der Waals surface area contributed by atoms with Gasteiger partial charge >= 0.3 is 0 Å². The third-order valence-electron chi connectivity index (χ3n) is 2.45. The minimum absolute atomic E-state index is 0.671.